The maximum atomic E-state index is 12.9. The molecule has 33 heavy (non-hydrogen) atoms. The molecule has 1 saturated heterocycles. The number of hydrogen-bond donors (Lipinski definition) is 1. The molecule has 3 unspecified atom stereocenters. The molecule has 1 fully saturated rings. The summed E-state index contributed by atoms with van der Waals surface area (Å²) in [5.74, 6) is 0.0113. The molecular formula is C25H30N2O6. The largest absolute Gasteiger partial charge is 0.497 e. The summed E-state index contributed by atoms with van der Waals surface area (Å²) in [5.41, 5.74) is 1.71. The second-order valence-corrected chi connectivity index (χ2v) is 8.55. The molecule has 4 rings (SSSR count). The Bertz CT molecular complexity index is 1010. The van der Waals surface area contributed by atoms with E-state index in [0.717, 1.165) is 17.5 Å². The number of likely N-dealkylation sites (tertiary alicyclic amines) is 1. The molecule has 2 aromatic carbocycles. The van der Waals surface area contributed by atoms with Gasteiger partial charge in [-0.3, -0.25) is 14.5 Å². The second kappa shape index (κ2) is 9.70. The number of nitrogens with zero attached hydrogens (tertiary/aromatic N) is 2. The lowest BCUT2D eigenvalue weighted by Gasteiger charge is -2.28. The molecular weight excluding hydrogens is 424 g/mol. The molecule has 0 saturated carbocycles. The molecule has 2 aliphatic heterocycles. The molecule has 1 amide bonds. The third kappa shape index (κ3) is 4.61. The van der Waals surface area contributed by atoms with Crippen molar-refractivity contribution in [3.63, 3.8) is 0 Å². The predicted octanol–water partition coefficient (Wildman–Crippen LogP) is 3.13. The van der Waals surface area contributed by atoms with E-state index in [1.807, 2.05) is 54.3 Å². The summed E-state index contributed by atoms with van der Waals surface area (Å²) in [6.45, 7) is 3.44. The highest BCUT2D eigenvalue weighted by molar-refractivity contribution is 5.79. The molecule has 0 bridgehead atoms. The Morgan fingerprint density at radius 1 is 1.12 bits per heavy atom. The molecule has 0 radical (unpaired) electrons. The van der Waals surface area contributed by atoms with Crippen LogP contribution in [0.15, 0.2) is 42.5 Å². The number of likely N-dealkylation sites (N-methyl/N-ethyl adjacent to an activating group) is 1. The number of ether oxygens (including phenoxy) is 3. The smallest absolute Gasteiger partial charge is 0.309 e. The zero-order chi connectivity index (χ0) is 23.5. The number of fused-ring (bicyclic) bond motifs is 1. The first-order valence-corrected chi connectivity index (χ1v) is 11.2. The second-order valence-electron chi connectivity index (χ2n) is 8.55. The first kappa shape index (κ1) is 22.9. The van der Waals surface area contributed by atoms with E-state index < -0.39 is 17.9 Å². The Kier molecular flexibility index (Phi) is 6.74. The van der Waals surface area contributed by atoms with Gasteiger partial charge in [-0.2, -0.15) is 0 Å². The van der Waals surface area contributed by atoms with Crippen molar-refractivity contribution < 1.29 is 28.9 Å². The first-order valence-electron chi connectivity index (χ1n) is 11.2. The minimum Gasteiger partial charge on any atom is -0.497 e. The van der Waals surface area contributed by atoms with Gasteiger partial charge in [0.1, 0.15) is 5.75 Å². The predicted molar refractivity (Wildman–Crippen MR) is 122 cm³/mol. The number of amides is 1. The molecule has 1 N–H and O–H groups in total. The number of aliphatic carboxylic acids is 1. The molecule has 176 valence electrons. The number of carboxylic acids is 1. The van der Waals surface area contributed by atoms with E-state index in [9.17, 15) is 14.7 Å². The van der Waals surface area contributed by atoms with Crippen molar-refractivity contribution in [3.05, 3.63) is 53.6 Å². The third-order valence-electron chi connectivity index (χ3n) is 6.49. The van der Waals surface area contributed by atoms with Crippen LogP contribution >= 0.6 is 0 Å². The van der Waals surface area contributed by atoms with E-state index in [1.54, 1.807) is 19.1 Å². The Hall–Kier alpha value is -3.26. The Labute approximate surface area is 193 Å². The zero-order valence-corrected chi connectivity index (χ0v) is 19.2. The number of hydrogen-bond acceptors (Lipinski definition) is 6. The lowest BCUT2D eigenvalue weighted by atomic mass is 9.82. The fourth-order valence-corrected chi connectivity index (χ4v) is 4.83. The maximum absolute atomic E-state index is 12.9. The van der Waals surface area contributed by atoms with Gasteiger partial charge >= 0.3 is 5.97 Å². The first-order chi connectivity index (χ1) is 15.9. The summed E-state index contributed by atoms with van der Waals surface area (Å²) >= 11 is 0. The van der Waals surface area contributed by atoms with Gasteiger partial charge in [0.2, 0.25) is 12.7 Å². The van der Waals surface area contributed by atoms with Gasteiger partial charge in [0.05, 0.1) is 19.6 Å². The summed E-state index contributed by atoms with van der Waals surface area (Å²) in [6, 6.07) is 12.5. The van der Waals surface area contributed by atoms with Gasteiger partial charge in [0.25, 0.3) is 0 Å². The molecule has 2 heterocycles. The molecule has 3 atom stereocenters. The van der Waals surface area contributed by atoms with E-state index >= 15 is 0 Å². The number of benzene rings is 2. The molecule has 2 aromatic rings. The Morgan fingerprint density at radius 2 is 1.82 bits per heavy atom. The van der Waals surface area contributed by atoms with Crippen LogP contribution in [-0.4, -0.2) is 67.4 Å². The van der Waals surface area contributed by atoms with Crippen molar-refractivity contribution >= 4 is 11.9 Å². The summed E-state index contributed by atoms with van der Waals surface area (Å²) in [6.07, 6.45) is 0.863. The minimum absolute atomic E-state index is 0.0224. The summed E-state index contributed by atoms with van der Waals surface area (Å²) in [5, 5.41) is 10.3. The van der Waals surface area contributed by atoms with E-state index in [1.165, 1.54) is 0 Å². The highest BCUT2D eigenvalue weighted by atomic mass is 16.7. The van der Waals surface area contributed by atoms with Crippen molar-refractivity contribution in [2.75, 3.05) is 40.6 Å². The van der Waals surface area contributed by atoms with Gasteiger partial charge in [0, 0.05) is 32.1 Å². The van der Waals surface area contributed by atoms with Gasteiger partial charge in [0.15, 0.2) is 11.5 Å². The van der Waals surface area contributed by atoms with Crippen LogP contribution < -0.4 is 14.2 Å². The fraction of sp³-hybridized carbons (Fsp3) is 0.440. The molecule has 2 aliphatic rings. The van der Waals surface area contributed by atoms with Crippen LogP contribution in [0.4, 0.5) is 0 Å². The number of rotatable bonds is 8. The van der Waals surface area contributed by atoms with Crippen LogP contribution in [0.25, 0.3) is 0 Å². The molecule has 0 aromatic heterocycles. The lowest BCUT2D eigenvalue weighted by Crippen LogP contribution is -2.39. The molecule has 8 nitrogen and oxygen atoms in total. The number of carboxylic acid groups (broad SMARTS) is 1. The topological polar surface area (TPSA) is 88.5 Å². The zero-order valence-electron chi connectivity index (χ0n) is 19.2. The SMILES string of the molecule is CCCN(C)C(=O)CN1CC(c2ccc3c(c2)OCO3)C(C(=O)O)C1c1ccc(OC)cc1. The van der Waals surface area contributed by atoms with E-state index in [4.69, 9.17) is 14.2 Å². The van der Waals surface area contributed by atoms with Crippen molar-refractivity contribution in [1.82, 2.24) is 9.80 Å². The normalized spacial score (nSPS) is 21.7. The van der Waals surface area contributed by atoms with Crippen LogP contribution in [0.2, 0.25) is 0 Å². The van der Waals surface area contributed by atoms with Gasteiger partial charge in [-0.15, -0.1) is 0 Å². The van der Waals surface area contributed by atoms with Gasteiger partial charge in [-0.25, -0.2) is 0 Å². The van der Waals surface area contributed by atoms with Crippen LogP contribution in [0.3, 0.4) is 0 Å². The molecule has 8 heteroatoms. The lowest BCUT2D eigenvalue weighted by molar-refractivity contribution is -0.143. The summed E-state index contributed by atoms with van der Waals surface area (Å²) in [7, 11) is 3.38. The highest BCUT2D eigenvalue weighted by Crippen LogP contribution is 2.47. The van der Waals surface area contributed by atoms with Gasteiger partial charge in [-0.1, -0.05) is 25.1 Å². The van der Waals surface area contributed by atoms with Crippen LogP contribution in [-0.2, 0) is 9.59 Å². The third-order valence-corrected chi connectivity index (χ3v) is 6.49. The van der Waals surface area contributed by atoms with E-state index in [2.05, 4.69) is 0 Å². The number of carbonyl (C=O) groups is 2. The van der Waals surface area contributed by atoms with Crippen LogP contribution in [0.5, 0.6) is 17.2 Å². The van der Waals surface area contributed by atoms with Crippen LogP contribution in [0.1, 0.15) is 36.4 Å². The number of methoxy groups -OCH3 is 1. The fourth-order valence-electron chi connectivity index (χ4n) is 4.83. The van der Waals surface area contributed by atoms with Crippen LogP contribution in [0, 0.1) is 5.92 Å². The van der Waals surface area contributed by atoms with Gasteiger partial charge in [-0.05, 0) is 41.8 Å². The molecule has 0 aliphatic carbocycles. The van der Waals surface area contributed by atoms with Crippen molar-refractivity contribution in [2.45, 2.75) is 25.3 Å². The average Bonchev–Trinajstić information content (AvgIpc) is 3.43. The van der Waals surface area contributed by atoms with Crippen molar-refractivity contribution in [3.8, 4) is 17.2 Å². The van der Waals surface area contributed by atoms with Crippen molar-refractivity contribution in [1.29, 1.82) is 0 Å². The Balaban J connectivity index is 1.71. The van der Waals surface area contributed by atoms with Crippen molar-refractivity contribution in [2.24, 2.45) is 5.92 Å². The monoisotopic (exact) mass is 454 g/mol. The number of carbonyl (C=O) groups excluding carboxylic acids is 1. The average molecular weight is 455 g/mol. The Morgan fingerprint density at radius 3 is 2.48 bits per heavy atom. The van der Waals surface area contributed by atoms with Gasteiger partial charge < -0.3 is 24.2 Å². The minimum atomic E-state index is -0.893. The highest BCUT2D eigenvalue weighted by Gasteiger charge is 2.48. The van der Waals surface area contributed by atoms with E-state index in [0.29, 0.717) is 30.3 Å². The van der Waals surface area contributed by atoms with E-state index in [-0.39, 0.29) is 25.2 Å². The molecule has 0 spiro atoms. The standard InChI is InChI=1S/C25H30N2O6/c1-4-11-26(2)22(28)14-27-13-19(17-7-10-20-21(12-17)33-15-32-20)23(25(29)30)24(27)16-5-8-18(31-3)9-6-16/h5-10,12,19,23-24H,4,11,13-15H2,1-3H3,(H,29,30). The maximum Gasteiger partial charge on any atom is 0.309 e. The summed E-state index contributed by atoms with van der Waals surface area (Å²) in [4.78, 5) is 29.2. The summed E-state index contributed by atoms with van der Waals surface area (Å²) < 4.78 is 16.2. The quantitative estimate of drug-likeness (QED) is 0.656.